The molecule has 0 fully saturated rings. The number of hydrogen-bond acceptors (Lipinski definition) is 1. The number of amides is 1. The fourth-order valence-corrected chi connectivity index (χ4v) is 0.472. The molecule has 0 saturated heterocycles. The van der Waals surface area contributed by atoms with Gasteiger partial charge in [-0.1, -0.05) is 0 Å². The highest BCUT2D eigenvalue weighted by Crippen LogP contribution is 1.78. The first-order chi connectivity index (χ1) is 3.42. The van der Waals surface area contributed by atoms with E-state index in [9.17, 15) is 4.79 Å². The van der Waals surface area contributed by atoms with Crippen LogP contribution in [0.15, 0.2) is 0 Å². The number of rotatable bonds is 1. The molecule has 0 aliphatic rings. The summed E-state index contributed by atoms with van der Waals surface area (Å²) in [5, 5.41) is 0. The highest BCUT2D eigenvalue weighted by molar-refractivity contribution is 5.71. The molecule has 0 aliphatic carbocycles. The van der Waals surface area contributed by atoms with E-state index in [1.807, 2.05) is 21.1 Å². The van der Waals surface area contributed by atoms with Crippen LogP contribution in [-0.4, -0.2) is 31.6 Å². The Hall–Kier alpha value is -0.570. The Morgan fingerprint density at radius 2 is 1.75 bits per heavy atom. The molecule has 3 heteroatoms. The van der Waals surface area contributed by atoms with Crippen LogP contribution in [0.25, 0.3) is 0 Å². The van der Waals surface area contributed by atoms with E-state index in [2.05, 4.69) is 5.43 Å². The normalized spacial score (nSPS) is 11.0. The summed E-state index contributed by atoms with van der Waals surface area (Å²) in [7, 11) is 5.67. The lowest BCUT2D eigenvalue weighted by atomic mass is 10.7. The van der Waals surface area contributed by atoms with Crippen LogP contribution in [0.5, 0.6) is 0 Å². The molecule has 0 rings (SSSR count). The molecule has 0 bridgehead atoms. The van der Waals surface area contributed by atoms with Crippen LogP contribution < -0.4 is 5.43 Å². The summed E-state index contributed by atoms with van der Waals surface area (Å²) in [5.41, 5.74) is 2.68. The molecule has 0 radical (unpaired) electrons. The van der Waals surface area contributed by atoms with Gasteiger partial charge in [-0.15, -0.1) is 0 Å². The van der Waals surface area contributed by atoms with Crippen LogP contribution in [-0.2, 0) is 4.79 Å². The summed E-state index contributed by atoms with van der Waals surface area (Å²) < 4.78 is 0.481. The second-order valence-electron chi connectivity index (χ2n) is 2.68. The smallest absolute Gasteiger partial charge is 0.261 e. The molecular weight excluding hydrogens is 104 g/mol. The fourth-order valence-electron chi connectivity index (χ4n) is 0.472. The van der Waals surface area contributed by atoms with E-state index >= 15 is 0 Å². The molecule has 0 saturated carbocycles. The Balaban J connectivity index is 3.55. The minimum atomic E-state index is -0.00231. The van der Waals surface area contributed by atoms with Gasteiger partial charge in [-0.25, -0.2) is 10.0 Å². The van der Waals surface area contributed by atoms with Crippen molar-refractivity contribution in [1.29, 1.82) is 0 Å². The first kappa shape index (κ1) is 7.43. The zero-order valence-electron chi connectivity index (χ0n) is 5.86. The van der Waals surface area contributed by atoms with Gasteiger partial charge < -0.3 is 0 Å². The Morgan fingerprint density at radius 1 is 1.38 bits per heavy atom. The summed E-state index contributed by atoms with van der Waals surface area (Å²) in [4.78, 5) is 10.3. The van der Waals surface area contributed by atoms with E-state index < -0.39 is 0 Å². The van der Waals surface area contributed by atoms with Crippen molar-refractivity contribution >= 4 is 5.91 Å². The van der Waals surface area contributed by atoms with Gasteiger partial charge in [-0.3, -0.25) is 4.79 Å². The molecular formula is C5H13N2O+. The summed E-state index contributed by atoms with van der Waals surface area (Å²) in [6.07, 6.45) is 0. The molecule has 1 N–H and O–H groups in total. The Bertz CT molecular complexity index is 93.1. The molecule has 0 atom stereocenters. The third kappa shape index (κ3) is 5.43. The lowest BCUT2D eigenvalue weighted by Gasteiger charge is -2.22. The van der Waals surface area contributed by atoms with Crippen molar-refractivity contribution in [2.45, 2.75) is 6.92 Å². The monoisotopic (exact) mass is 117 g/mol. The van der Waals surface area contributed by atoms with Gasteiger partial charge in [-0.2, -0.15) is 0 Å². The Labute approximate surface area is 49.9 Å². The SMILES string of the molecule is CC(=O)N[N+](C)(C)C. The number of quaternary nitrogens is 1. The van der Waals surface area contributed by atoms with E-state index in [1.54, 1.807) is 0 Å². The minimum Gasteiger partial charge on any atom is -0.270 e. The zero-order chi connectivity index (χ0) is 6.78. The van der Waals surface area contributed by atoms with Gasteiger partial charge in [0.25, 0.3) is 5.91 Å². The largest absolute Gasteiger partial charge is 0.270 e. The molecule has 8 heavy (non-hydrogen) atoms. The lowest BCUT2D eigenvalue weighted by Crippen LogP contribution is -2.50. The van der Waals surface area contributed by atoms with E-state index in [1.165, 1.54) is 6.92 Å². The van der Waals surface area contributed by atoms with Gasteiger partial charge >= 0.3 is 0 Å². The average molecular weight is 117 g/mol. The summed E-state index contributed by atoms with van der Waals surface area (Å²) in [5.74, 6) is -0.00231. The van der Waals surface area contributed by atoms with E-state index in [0.717, 1.165) is 0 Å². The van der Waals surface area contributed by atoms with Gasteiger partial charge in [0.15, 0.2) is 0 Å². The summed E-state index contributed by atoms with van der Waals surface area (Å²) >= 11 is 0. The predicted molar refractivity (Wildman–Crippen MR) is 31.8 cm³/mol. The van der Waals surface area contributed by atoms with Gasteiger partial charge in [0.1, 0.15) is 0 Å². The van der Waals surface area contributed by atoms with Crippen molar-refractivity contribution in [1.82, 2.24) is 5.43 Å². The zero-order valence-corrected chi connectivity index (χ0v) is 5.86. The minimum absolute atomic E-state index is 0.00231. The fraction of sp³-hybridized carbons (Fsp3) is 0.800. The maximum Gasteiger partial charge on any atom is 0.261 e. The molecule has 0 aliphatic heterocycles. The van der Waals surface area contributed by atoms with Crippen molar-refractivity contribution in [3.05, 3.63) is 0 Å². The number of carbonyl (C=O) groups excluding carboxylic acids is 1. The summed E-state index contributed by atoms with van der Waals surface area (Å²) in [6, 6.07) is 0. The number of nitrogens with zero attached hydrogens (tertiary/aromatic N) is 1. The lowest BCUT2D eigenvalue weighted by molar-refractivity contribution is -0.906. The van der Waals surface area contributed by atoms with Crippen LogP contribution >= 0.6 is 0 Å². The van der Waals surface area contributed by atoms with Crippen LogP contribution in [0.4, 0.5) is 0 Å². The van der Waals surface area contributed by atoms with Gasteiger partial charge in [0.05, 0.1) is 21.1 Å². The second-order valence-corrected chi connectivity index (χ2v) is 2.68. The number of hydrogen-bond donors (Lipinski definition) is 1. The van der Waals surface area contributed by atoms with Crippen molar-refractivity contribution in [2.24, 2.45) is 0 Å². The molecule has 0 heterocycles. The van der Waals surface area contributed by atoms with Crippen molar-refractivity contribution in [2.75, 3.05) is 21.1 Å². The third-order valence-electron chi connectivity index (χ3n) is 0.493. The maximum atomic E-state index is 10.3. The van der Waals surface area contributed by atoms with Gasteiger partial charge in [-0.05, 0) is 0 Å². The van der Waals surface area contributed by atoms with E-state index in [4.69, 9.17) is 0 Å². The molecule has 0 aromatic carbocycles. The van der Waals surface area contributed by atoms with Crippen molar-refractivity contribution in [3.63, 3.8) is 0 Å². The highest BCUT2D eigenvalue weighted by atomic mass is 16.2. The summed E-state index contributed by atoms with van der Waals surface area (Å²) in [6.45, 7) is 1.50. The highest BCUT2D eigenvalue weighted by Gasteiger charge is 2.06. The van der Waals surface area contributed by atoms with E-state index in [0.29, 0.717) is 4.59 Å². The van der Waals surface area contributed by atoms with Crippen molar-refractivity contribution in [3.8, 4) is 0 Å². The first-order valence-corrected chi connectivity index (χ1v) is 2.52. The van der Waals surface area contributed by atoms with Gasteiger partial charge in [0, 0.05) is 6.92 Å². The second kappa shape index (κ2) is 2.13. The van der Waals surface area contributed by atoms with E-state index in [-0.39, 0.29) is 5.91 Å². The van der Waals surface area contributed by atoms with Crippen LogP contribution in [0, 0.1) is 0 Å². The standard InChI is InChI=1S/C5H12N2O/c1-5(8)6-7(2,3)4/h1-4H3/p+1. The molecule has 0 aromatic rings. The van der Waals surface area contributed by atoms with Crippen LogP contribution in [0.3, 0.4) is 0 Å². The van der Waals surface area contributed by atoms with Crippen LogP contribution in [0.2, 0.25) is 0 Å². The molecule has 0 unspecified atom stereocenters. The maximum absolute atomic E-state index is 10.3. The molecule has 1 amide bonds. The number of carbonyl (C=O) groups is 1. The molecule has 0 aromatic heterocycles. The Kier molecular flexibility index (Phi) is 1.98. The molecule has 3 nitrogen and oxygen atoms in total. The van der Waals surface area contributed by atoms with Gasteiger partial charge in [0.2, 0.25) is 0 Å². The third-order valence-corrected chi connectivity index (χ3v) is 0.493. The number of nitrogens with one attached hydrogen (secondary N) is 1. The average Bonchev–Trinajstić information content (AvgIpc) is 1.21. The molecule has 0 spiro atoms. The van der Waals surface area contributed by atoms with Crippen LogP contribution in [0.1, 0.15) is 6.92 Å². The molecule has 48 valence electrons. The predicted octanol–water partition coefficient (Wildman–Crippen LogP) is -0.256. The Morgan fingerprint density at radius 3 is 1.75 bits per heavy atom. The quantitative estimate of drug-likeness (QED) is 0.372. The van der Waals surface area contributed by atoms with Crippen molar-refractivity contribution < 1.29 is 9.39 Å². The first-order valence-electron chi connectivity index (χ1n) is 2.52. The topological polar surface area (TPSA) is 29.1 Å².